The largest absolute Gasteiger partial charge is 0.342 e. The molecule has 1 aromatic rings. The van der Waals surface area contributed by atoms with Crippen LogP contribution in [0.15, 0.2) is 12.7 Å². The highest BCUT2D eigenvalue weighted by Crippen LogP contribution is 2.41. The number of nitrogens with zero attached hydrogens (tertiary/aromatic N) is 6. The molecule has 0 aromatic carbocycles. The zero-order chi connectivity index (χ0) is 18.9. The number of likely N-dealkylation sites (tertiary alicyclic amines) is 2. The Bertz CT molecular complexity index is 722. The molecule has 0 radical (unpaired) electrons. The van der Waals surface area contributed by atoms with Crippen LogP contribution in [0.5, 0.6) is 0 Å². The fourth-order valence-electron chi connectivity index (χ4n) is 4.85. The van der Waals surface area contributed by atoms with Gasteiger partial charge >= 0.3 is 0 Å². The van der Waals surface area contributed by atoms with Crippen molar-refractivity contribution in [2.24, 2.45) is 5.41 Å². The lowest BCUT2D eigenvalue weighted by Gasteiger charge is -2.47. The van der Waals surface area contributed by atoms with E-state index in [9.17, 15) is 9.59 Å². The van der Waals surface area contributed by atoms with Crippen molar-refractivity contribution >= 4 is 11.8 Å². The topological polar surface area (TPSA) is 84.2 Å². The molecule has 4 rings (SSSR count). The maximum Gasteiger partial charge on any atom is 0.233 e. The second kappa shape index (κ2) is 7.40. The first-order chi connectivity index (χ1) is 13.1. The van der Waals surface area contributed by atoms with E-state index in [1.807, 2.05) is 9.80 Å². The molecule has 2 amide bonds. The van der Waals surface area contributed by atoms with Gasteiger partial charge < -0.3 is 9.80 Å². The molecular formula is C19H28N6O2. The number of aromatic nitrogens is 4. The summed E-state index contributed by atoms with van der Waals surface area (Å²) < 4.78 is 1.79. The van der Waals surface area contributed by atoms with Crippen molar-refractivity contribution in [3.8, 4) is 0 Å². The Balaban J connectivity index is 1.41. The van der Waals surface area contributed by atoms with E-state index in [-0.39, 0.29) is 23.1 Å². The summed E-state index contributed by atoms with van der Waals surface area (Å²) in [7, 11) is 0. The van der Waals surface area contributed by atoms with Gasteiger partial charge in [0.1, 0.15) is 0 Å². The maximum atomic E-state index is 13.2. The summed E-state index contributed by atoms with van der Waals surface area (Å²) in [5, 5.41) is 11.9. The summed E-state index contributed by atoms with van der Waals surface area (Å²) in [5.74, 6) is 0.891. The Kier molecular flexibility index (Phi) is 4.97. The average molecular weight is 372 g/mol. The first-order valence-corrected chi connectivity index (χ1v) is 10.1. The maximum absolute atomic E-state index is 13.2. The van der Waals surface area contributed by atoms with E-state index in [1.165, 1.54) is 0 Å². The number of carbonyl (C=O) groups is 2. The average Bonchev–Trinajstić information content (AvgIpc) is 3.05. The normalized spacial score (nSPS) is 25.2. The van der Waals surface area contributed by atoms with Gasteiger partial charge in [0.15, 0.2) is 5.82 Å². The Hall–Kier alpha value is -2.25. The molecule has 2 saturated heterocycles. The molecule has 1 aromatic heterocycles. The van der Waals surface area contributed by atoms with Crippen LogP contribution in [-0.4, -0.2) is 68.0 Å². The lowest BCUT2D eigenvalue weighted by molar-refractivity contribution is -0.142. The second-order valence-corrected chi connectivity index (χ2v) is 8.20. The highest BCUT2D eigenvalue weighted by Gasteiger charge is 2.42. The van der Waals surface area contributed by atoms with Gasteiger partial charge in [-0.2, -0.15) is 0 Å². The van der Waals surface area contributed by atoms with Crippen LogP contribution in [0.1, 0.15) is 56.7 Å². The van der Waals surface area contributed by atoms with Gasteiger partial charge in [0.25, 0.3) is 0 Å². The molecule has 1 unspecified atom stereocenters. The summed E-state index contributed by atoms with van der Waals surface area (Å²) in [6.07, 6.45) is 8.10. The number of carbonyl (C=O) groups excluding carboxylic acids is 2. The molecule has 0 saturated carbocycles. The Morgan fingerprint density at radius 2 is 2.04 bits per heavy atom. The van der Waals surface area contributed by atoms with Crippen molar-refractivity contribution in [2.45, 2.75) is 57.4 Å². The van der Waals surface area contributed by atoms with Crippen LogP contribution in [0.3, 0.4) is 0 Å². The van der Waals surface area contributed by atoms with Crippen LogP contribution >= 0.6 is 0 Å². The van der Waals surface area contributed by atoms with Crippen LogP contribution in [0.25, 0.3) is 0 Å². The van der Waals surface area contributed by atoms with Gasteiger partial charge in [0.05, 0.1) is 5.92 Å². The third kappa shape index (κ3) is 3.49. The van der Waals surface area contributed by atoms with Crippen molar-refractivity contribution in [3.05, 3.63) is 18.5 Å². The molecule has 146 valence electrons. The lowest BCUT2D eigenvalue weighted by atomic mass is 9.72. The van der Waals surface area contributed by atoms with E-state index >= 15 is 0 Å². The summed E-state index contributed by atoms with van der Waals surface area (Å²) in [5.41, 5.74) is 0.152. The zero-order valence-electron chi connectivity index (χ0n) is 15.8. The zero-order valence-corrected chi connectivity index (χ0v) is 15.8. The number of aryl methyl sites for hydroxylation is 1. The van der Waals surface area contributed by atoms with Gasteiger partial charge in [-0.3, -0.25) is 9.59 Å². The number of hydrogen-bond acceptors (Lipinski definition) is 5. The standard InChI is InChI=1S/C19H28N6O2/c1-2-10-24-14-19(7-6-16(24)26)8-12-23(13-9-19)18(27)15-5-3-4-11-25-17(15)20-21-22-25/h2,15H,1,3-14H2. The van der Waals surface area contributed by atoms with Crippen LogP contribution in [0.2, 0.25) is 0 Å². The third-order valence-corrected chi connectivity index (χ3v) is 6.52. The van der Waals surface area contributed by atoms with Crippen molar-refractivity contribution in [1.29, 1.82) is 0 Å². The van der Waals surface area contributed by atoms with E-state index in [2.05, 4.69) is 22.1 Å². The van der Waals surface area contributed by atoms with Gasteiger partial charge in [-0.15, -0.1) is 11.7 Å². The Morgan fingerprint density at radius 1 is 1.22 bits per heavy atom. The SMILES string of the molecule is C=CCN1CC2(CCC1=O)CCN(C(=O)C1CCCCn3nnnc31)CC2. The number of fused-ring (bicyclic) bond motifs is 1. The van der Waals surface area contributed by atoms with Crippen molar-refractivity contribution < 1.29 is 9.59 Å². The summed E-state index contributed by atoms with van der Waals surface area (Å²) in [6.45, 7) is 7.49. The van der Waals surface area contributed by atoms with Crippen LogP contribution in [0.4, 0.5) is 0 Å². The number of amides is 2. The van der Waals surface area contributed by atoms with Crippen molar-refractivity contribution in [3.63, 3.8) is 0 Å². The monoisotopic (exact) mass is 372 g/mol. The minimum absolute atomic E-state index is 0.152. The van der Waals surface area contributed by atoms with Crippen molar-refractivity contribution in [2.75, 3.05) is 26.2 Å². The molecule has 4 heterocycles. The van der Waals surface area contributed by atoms with E-state index in [0.717, 1.165) is 70.5 Å². The predicted octanol–water partition coefficient (Wildman–Crippen LogP) is 1.36. The highest BCUT2D eigenvalue weighted by atomic mass is 16.2. The minimum Gasteiger partial charge on any atom is -0.342 e. The van der Waals surface area contributed by atoms with Crippen LogP contribution < -0.4 is 0 Å². The molecule has 1 spiro atoms. The van der Waals surface area contributed by atoms with Gasteiger partial charge in [0.2, 0.25) is 11.8 Å². The molecular weight excluding hydrogens is 344 g/mol. The highest BCUT2D eigenvalue weighted by molar-refractivity contribution is 5.83. The molecule has 1 atom stereocenters. The van der Waals surface area contributed by atoms with Crippen molar-refractivity contribution in [1.82, 2.24) is 30.0 Å². The van der Waals surface area contributed by atoms with Gasteiger partial charge in [0, 0.05) is 39.1 Å². The number of piperidine rings is 2. The molecule has 8 nitrogen and oxygen atoms in total. The first-order valence-electron chi connectivity index (χ1n) is 10.1. The van der Waals surface area contributed by atoms with Gasteiger partial charge in [-0.05, 0) is 47.9 Å². The van der Waals surface area contributed by atoms with Gasteiger partial charge in [-0.25, -0.2) is 4.68 Å². The number of tetrazole rings is 1. The smallest absolute Gasteiger partial charge is 0.233 e. The predicted molar refractivity (Wildman–Crippen MR) is 98.7 cm³/mol. The molecule has 2 fully saturated rings. The van der Waals surface area contributed by atoms with Crippen LogP contribution in [-0.2, 0) is 16.1 Å². The fraction of sp³-hybridized carbons (Fsp3) is 0.737. The molecule has 0 aliphatic carbocycles. The molecule has 0 N–H and O–H groups in total. The summed E-state index contributed by atoms with van der Waals surface area (Å²) in [6, 6.07) is 0. The quantitative estimate of drug-likeness (QED) is 0.748. The molecule has 8 heteroatoms. The second-order valence-electron chi connectivity index (χ2n) is 8.20. The molecule has 27 heavy (non-hydrogen) atoms. The molecule has 3 aliphatic heterocycles. The summed E-state index contributed by atoms with van der Waals surface area (Å²) in [4.78, 5) is 29.2. The first kappa shape index (κ1) is 18.1. The number of hydrogen-bond donors (Lipinski definition) is 0. The van der Waals surface area contributed by atoms with Gasteiger partial charge in [-0.1, -0.05) is 12.5 Å². The summed E-state index contributed by atoms with van der Waals surface area (Å²) >= 11 is 0. The molecule has 0 bridgehead atoms. The van der Waals surface area contributed by atoms with Crippen LogP contribution in [0, 0.1) is 5.41 Å². The third-order valence-electron chi connectivity index (χ3n) is 6.52. The Morgan fingerprint density at radius 3 is 2.81 bits per heavy atom. The molecule has 3 aliphatic rings. The number of rotatable bonds is 3. The fourth-order valence-corrected chi connectivity index (χ4v) is 4.85. The van der Waals surface area contributed by atoms with E-state index in [4.69, 9.17) is 0 Å². The van der Waals surface area contributed by atoms with E-state index in [1.54, 1.807) is 10.8 Å². The van der Waals surface area contributed by atoms with E-state index in [0.29, 0.717) is 13.0 Å². The lowest BCUT2D eigenvalue weighted by Crippen LogP contribution is -2.52. The van der Waals surface area contributed by atoms with E-state index < -0.39 is 0 Å². The minimum atomic E-state index is -0.221. The Labute approximate surface area is 159 Å².